The van der Waals surface area contributed by atoms with E-state index in [4.69, 9.17) is 14.2 Å². The van der Waals surface area contributed by atoms with Crippen molar-refractivity contribution < 1.29 is 22.8 Å². The Morgan fingerprint density at radius 1 is 1.14 bits per heavy atom. The minimum Gasteiger partial charge on any atom is -0.496 e. The van der Waals surface area contributed by atoms with E-state index in [2.05, 4.69) is 19.9 Å². The summed E-state index contributed by atoms with van der Waals surface area (Å²) in [6, 6.07) is 7.02. The number of methoxy groups -OCH3 is 1. The Balaban J connectivity index is 1.80. The summed E-state index contributed by atoms with van der Waals surface area (Å²) >= 11 is 0. The molecule has 0 aliphatic rings. The number of halogens is 2. The Hall–Kier alpha value is -3.92. The number of nitrogens with zero attached hydrogens (tertiary/aromatic N) is 5. The van der Waals surface area contributed by atoms with Crippen LogP contribution in [0.4, 0.5) is 8.78 Å². The molecule has 4 aromatic heterocycles. The van der Waals surface area contributed by atoms with Crippen LogP contribution in [0.3, 0.4) is 0 Å². The lowest BCUT2D eigenvalue weighted by molar-refractivity contribution is -0.135. The van der Waals surface area contributed by atoms with Gasteiger partial charge in [-0.15, -0.1) is 0 Å². The van der Waals surface area contributed by atoms with E-state index in [-0.39, 0.29) is 6.61 Å². The zero-order valence-corrected chi connectivity index (χ0v) is 19.6. The van der Waals surface area contributed by atoms with Crippen molar-refractivity contribution in [3.05, 3.63) is 54.3 Å². The lowest BCUT2D eigenvalue weighted by atomic mass is 10.0. The molecule has 0 aliphatic heterocycles. The van der Waals surface area contributed by atoms with Crippen molar-refractivity contribution >= 4 is 21.9 Å². The Morgan fingerprint density at radius 2 is 1.97 bits per heavy atom. The minimum atomic E-state index is -2.87. The highest BCUT2D eigenvalue weighted by atomic mass is 19.3. The third-order valence-electron chi connectivity index (χ3n) is 5.96. The summed E-state index contributed by atoms with van der Waals surface area (Å²) < 4.78 is 43.4. The maximum atomic E-state index is 12.9. The van der Waals surface area contributed by atoms with Crippen LogP contribution < -0.4 is 4.74 Å². The maximum Gasteiger partial charge on any atom is 0.345 e. The summed E-state index contributed by atoms with van der Waals surface area (Å²) in [7, 11) is 1.59. The first-order valence-corrected chi connectivity index (χ1v) is 11.0. The van der Waals surface area contributed by atoms with Gasteiger partial charge in [0.2, 0.25) is 0 Å². The number of hydrogen-bond acceptors (Lipinski definition) is 7. The standard InChI is InChI=1S/C25H23F2N5O3/c1-13(12-34-25(26)27)32-23-17-9-21(33-4)18(22-14(2)31-35-15(22)3)8-19(17)29-11-20(23)30-24(32)16-6-5-7-28-10-16/h5-11,13,25H,12H2,1-4H3. The SMILES string of the molecule is COc1cc2c(cc1-c1c(C)noc1C)ncc1nc(-c3cccnc3)n(C(C)COC(F)F)c12. The number of alkyl halides is 2. The largest absolute Gasteiger partial charge is 0.496 e. The Labute approximate surface area is 199 Å². The molecule has 0 spiro atoms. The van der Waals surface area contributed by atoms with Gasteiger partial charge in [0.05, 0.1) is 48.2 Å². The predicted octanol–water partition coefficient (Wildman–Crippen LogP) is 5.73. The summed E-state index contributed by atoms with van der Waals surface area (Å²) in [6.45, 7) is 2.45. The topological polar surface area (TPSA) is 88.1 Å². The van der Waals surface area contributed by atoms with Crippen molar-refractivity contribution in [3.63, 3.8) is 0 Å². The van der Waals surface area contributed by atoms with Crippen LogP contribution in [0.2, 0.25) is 0 Å². The fourth-order valence-corrected chi connectivity index (χ4v) is 4.45. The summed E-state index contributed by atoms with van der Waals surface area (Å²) in [5.74, 6) is 1.86. The molecule has 35 heavy (non-hydrogen) atoms. The van der Waals surface area contributed by atoms with E-state index in [1.807, 2.05) is 43.5 Å². The molecule has 0 amide bonds. The van der Waals surface area contributed by atoms with Crippen molar-refractivity contribution in [2.75, 3.05) is 13.7 Å². The van der Waals surface area contributed by atoms with Gasteiger partial charge >= 0.3 is 6.61 Å². The van der Waals surface area contributed by atoms with E-state index in [1.54, 1.807) is 31.8 Å². The normalized spacial score (nSPS) is 12.7. The quantitative estimate of drug-likeness (QED) is 0.295. The lowest BCUT2D eigenvalue weighted by Crippen LogP contribution is -2.15. The Bertz CT molecular complexity index is 1500. The van der Waals surface area contributed by atoms with Gasteiger partial charge in [-0.1, -0.05) is 5.16 Å². The first-order chi connectivity index (χ1) is 16.9. The minimum absolute atomic E-state index is 0.200. The fourth-order valence-electron chi connectivity index (χ4n) is 4.45. The van der Waals surface area contributed by atoms with Gasteiger partial charge in [-0.05, 0) is 45.0 Å². The zero-order valence-electron chi connectivity index (χ0n) is 19.6. The number of aromatic nitrogens is 5. The number of aryl methyl sites for hydroxylation is 2. The van der Waals surface area contributed by atoms with Crippen LogP contribution in [0.5, 0.6) is 5.75 Å². The second-order valence-corrected chi connectivity index (χ2v) is 8.25. The molecule has 0 saturated heterocycles. The van der Waals surface area contributed by atoms with Gasteiger partial charge in [0, 0.05) is 28.9 Å². The molecular formula is C25H23F2N5O3. The molecule has 1 atom stereocenters. The van der Waals surface area contributed by atoms with Gasteiger partial charge in [0.15, 0.2) is 0 Å². The van der Waals surface area contributed by atoms with E-state index in [0.29, 0.717) is 28.4 Å². The molecule has 0 saturated carbocycles. The van der Waals surface area contributed by atoms with Crippen LogP contribution in [0.15, 0.2) is 47.4 Å². The average molecular weight is 479 g/mol. The fraction of sp³-hybridized carbons (Fsp3) is 0.280. The molecule has 10 heteroatoms. The second-order valence-electron chi connectivity index (χ2n) is 8.25. The van der Waals surface area contributed by atoms with E-state index in [9.17, 15) is 8.78 Å². The zero-order chi connectivity index (χ0) is 24.7. The third-order valence-corrected chi connectivity index (χ3v) is 5.96. The van der Waals surface area contributed by atoms with Gasteiger partial charge in [-0.3, -0.25) is 9.97 Å². The van der Waals surface area contributed by atoms with Crippen molar-refractivity contribution in [3.8, 4) is 28.3 Å². The lowest BCUT2D eigenvalue weighted by Gasteiger charge is -2.19. The van der Waals surface area contributed by atoms with Crippen molar-refractivity contribution in [1.29, 1.82) is 0 Å². The van der Waals surface area contributed by atoms with E-state index in [0.717, 1.165) is 33.3 Å². The Morgan fingerprint density at radius 3 is 2.63 bits per heavy atom. The molecule has 1 aromatic carbocycles. The van der Waals surface area contributed by atoms with Gasteiger partial charge < -0.3 is 18.6 Å². The number of rotatable bonds is 7. The van der Waals surface area contributed by atoms with Crippen molar-refractivity contribution in [1.82, 2.24) is 24.7 Å². The molecular weight excluding hydrogens is 456 g/mol. The number of fused-ring (bicyclic) bond motifs is 3. The Kier molecular flexibility index (Phi) is 5.89. The molecule has 1 unspecified atom stereocenters. The van der Waals surface area contributed by atoms with Gasteiger partial charge in [0.1, 0.15) is 22.9 Å². The highest BCUT2D eigenvalue weighted by Gasteiger charge is 2.23. The molecule has 4 heterocycles. The molecule has 5 rings (SSSR count). The summed E-state index contributed by atoms with van der Waals surface area (Å²) in [5.41, 5.74) is 5.18. The number of ether oxygens (including phenoxy) is 2. The first-order valence-electron chi connectivity index (χ1n) is 11.0. The van der Waals surface area contributed by atoms with E-state index >= 15 is 0 Å². The second kappa shape index (κ2) is 9.03. The summed E-state index contributed by atoms with van der Waals surface area (Å²) in [4.78, 5) is 13.6. The van der Waals surface area contributed by atoms with Crippen LogP contribution >= 0.6 is 0 Å². The van der Waals surface area contributed by atoms with Crippen LogP contribution in [-0.2, 0) is 4.74 Å². The molecule has 5 aromatic rings. The molecule has 0 aliphatic carbocycles. The number of imidazole rings is 1. The van der Waals surface area contributed by atoms with Crippen LogP contribution in [0.25, 0.3) is 44.5 Å². The first kappa shape index (κ1) is 22.9. The van der Waals surface area contributed by atoms with Crippen LogP contribution in [-0.4, -0.2) is 45.0 Å². The van der Waals surface area contributed by atoms with E-state index < -0.39 is 12.7 Å². The molecule has 0 N–H and O–H groups in total. The monoisotopic (exact) mass is 479 g/mol. The van der Waals surface area contributed by atoms with Crippen LogP contribution in [0, 0.1) is 13.8 Å². The van der Waals surface area contributed by atoms with Gasteiger partial charge in [-0.2, -0.15) is 8.78 Å². The number of pyridine rings is 2. The van der Waals surface area contributed by atoms with Gasteiger partial charge in [-0.25, -0.2) is 4.98 Å². The molecule has 8 nitrogen and oxygen atoms in total. The number of benzene rings is 1. The number of hydrogen-bond donors (Lipinski definition) is 0. The smallest absolute Gasteiger partial charge is 0.345 e. The molecule has 180 valence electrons. The third kappa shape index (κ3) is 3.99. The molecule has 0 bridgehead atoms. The molecule has 0 radical (unpaired) electrons. The molecule has 0 fully saturated rings. The average Bonchev–Trinajstić information content (AvgIpc) is 3.42. The summed E-state index contributed by atoms with van der Waals surface area (Å²) in [5, 5.41) is 4.83. The van der Waals surface area contributed by atoms with Crippen molar-refractivity contribution in [2.24, 2.45) is 0 Å². The van der Waals surface area contributed by atoms with Gasteiger partial charge in [0.25, 0.3) is 0 Å². The van der Waals surface area contributed by atoms with Crippen LogP contribution in [0.1, 0.15) is 24.4 Å². The van der Waals surface area contributed by atoms with Crippen molar-refractivity contribution in [2.45, 2.75) is 33.4 Å². The highest BCUT2D eigenvalue weighted by molar-refractivity contribution is 6.06. The predicted molar refractivity (Wildman–Crippen MR) is 126 cm³/mol. The maximum absolute atomic E-state index is 12.9. The summed E-state index contributed by atoms with van der Waals surface area (Å²) in [6.07, 6.45) is 5.03. The van der Waals surface area contributed by atoms with E-state index in [1.165, 1.54) is 0 Å². The highest BCUT2D eigenvalue weighted by Crippen LogP contribution is 2.40.